The van der Waals surface area contributed by atoms with E-state index in [0.717, 1.165) is 24.3 Å². The first kappa shape index (κ1) is 34.8. The van der Waals surface area contributed by atoms with E-state index in [2.05, 4.69) is 82.4 Å². The van der Waals surface area contributed by atoms with Gasteiger partial charge in [0.25, 0.3) is 0 Å². The number of halogens is 1. The van der Waals surface area contributed by atoms with E-state index in [-0.39, 0.29) is 28.5 Å². The van der Waals surface area contributed by atoms with Gasteiger partial charge < -0.3 is 14.3 Å². The number of esters is 1. The molecule has 0 aromatic heterocycles. The van der Waals surface area contributed by atoms with E-state index in [0.29, 0.717) is 30.1 Å². The molecule has 3 fully saturated rings. The predicted molar refractivity (Wildman–Crippen MR) is 178 cm³/mol. The van der Waals surface area contributed by atoms with Crippen LogP contribution in [-0.2, 0) is 14.0 Å². The molecular weight excluding hydrogens is 592 g/mol. The van der Waals surface area contributed by atoms with Crippen molar-refractivity contribution in [1.82, 2.24) is 0 Å². The zero-order chi connectivity index (χ0) is 30.8. The second kappa shape index (κ2) is 13.5. The zero-order valence-electron chi connectivity index (χ0n) is 27.6. The number of hydrogen-bond acceptors (Lipinski definition) is 4. The van der Waals surface area contributed by atoms with Gasteiger partial charge in [-0.1, -0.05) is 87.7 Å². The molecule has 0 bridgehead atoms. The van der Waals surface area contributed by atoms with Gasteiger partial charge in [0.2, 0.25) is 0 Å². The van der Waals surface area contributed by atoms with Crippen LogP contribution in [0.25, 0.3) is 0 Å². The maximum Gasteiger partial charge on any atom is 0.316 e. The Morgan fingerprint density at radius 2 is 1.90 bits per heavy atom. The van der Waals surface area contributed by atoms with Crippen molar-refractivity contribution in [2.24, 2.45) is 23.2 Å². The van der Waals surface area contributed by atoms with Gasteiger partial charge in [-0.15, -0.1) is 0 Å². The van der Waals surface area contributed by atoms with E-state index in [1.54, 1.807) is 5.57 Å². The molecule has 0 aromatic carbocycles. The van der Waals surface area contributed by atoms with Crippen molar-refractivity contribution in [3.63, 3.8) is 0 Å². The molecule has 41 heavy (non-hydrogen) atoms. The number of carbonyl (C=O) groups is 1. The molecule has 0 saturated heterocycles. The molecule has 0 aromatic rings. The summed E-state index contributed by atoms with van der Waals surface area (Å²) in [5.74, 6) is 1.84. The van der Waals surface area contributed by atoms with E-state index in [4.69, 9.17) is 9.16 Å². The van der Waals surface area contributed by atoms with Crippen LogP contribution in [0.5, 0.6) is 0 Å². The lowest BCUT2D eigenvalue weighted by Gasteiger charge is -2.44. The highest BCUT2D eigenvalue weighted by Crippen LogP contribution is 2.60. The van der Waals surface area contributed by atoms with Crippen LogP contribution in [0, 0.1) is 23.2 Å². The minimum absolute atomic E-state index is 0.0929. The third-order valence-electron chi connectivity index (χ3n) is 11.0. The number of alkyl halides is 1. The van der Waals surface area contributed by atoms with Crippen molar-refractivity contribution in [2.45, 2.75) is 149 Å². The minimum Gasteiger partial charge on any atom is -0.461 e. The highest BCUT2D eigenvalue weighted by Gasteiger charge is 2.50. The number of carbonyl (C=O) groups excluding carboxylic acids is 1. The fraction of sp³-hybridized carbons (Fsp3) is 0.800. The molecule has 1 unspecified atom stereocenters. The highest BCUT2D eigenvalue weighted by molar-refractivity contribution is 9.09. The maximum atomic E-state index is 12.2. The summed E-state index contributed by atoms with van der Waals surface area (Å²) in [7, 11) is -2.03. The quantitative estimate of drug-likeness (QED) is 0.145. The van der Waals surface area contributed by atoms with E-state index in [1.165, 1.54) is 44.1 Å². The molecule has 3 rings (SSSR count). The summed E-state index contributed by atoms with van der Waals surface area (Å²) in [6, 6.07) is 0. The molecule has 0 heterocycles. The smallest absolute Gasteiger partial charge is 0.316 e. The molecule has 0 spiro atoms. The van der Waals surface area contributed by atoms with Crippen LogP contribution in [0.1, 0.15) is 113 Å². The number of rotatable bonds is 10. The number of aliphatic hydroxyl groups is 1. The Hall–Kier alpha value is -0.693. The number of ether oxygens (including phenoxy) is 1. The first-order valence-electron chi connectivity index (χ1n) is 16.1. The average molecular weight is 652 g/mol. The first-order valence-corrected chi connectivity index (χ1v) is 20.2. The van der Waals surface area contributed by atoms with Crippen molar-refractivity contribution in [3.8, 4) is 0 Å². The molecule has 0 amide bonds. The molecular formula is C35H59BrO4Si. The van der Waals surface area contributed by atoms with E-state index in [9.17, 15) is 9.90 Å². The van der Waals surface area contributed by atoms with Gasteiger partial charge in [-0.2, -0.15) is 0 Å². The summed E-state index contributed by atoms with van der Waals surface area (Å²) in [6.07, 6.45) is 15.2. The zero-order valence-corrected chi connectivity index (χ0v) is 30.2. The second-order valence-corrected chi connectivity index (χ2v) is 21.1. The Morgan fingerprint density at radius 1 is 1.22 bits per heavy atom. The lowest BCUT2D eigenvalue weighted by molar-refractivity contribution is -0.147. The van der Waals surface area contributed by atoms with Crippen LogP contribution < -0.4 is 0 Å². The number of fused-ring (bicyclic) bond motifs is 1. The van der Waals surface area contributed by atoms with E-state index in [1.807, 2.05) is 13.8 Å². The Labute approximate surface area is 261 Å². The lowest BCUT2D eigenvalue weighted by atomic mass is 9.60. The maximum absolute atomic E-state index is 12.2. The van der Waals surface area contributed by atoms with Crippen molar-refractivity contribution in [3.05, 3.63) is 35.5 Å². The average Bonchev–Trinajstić information content (AvgIpc) is 3.20. The number of hydrogen-bond donors (Lipinski definition) is 1. The van der Waals surface area contributed by atoms with Crippen LogP contribution in [0.4, 0.5) is 0 Å². The molecule has 4 nitrogen and oxygen atoms in total. The summed E-state index contributed by atoms with van der Waals surface area (Å²) in [6.45, 7) is 24.7. The molecule has 6 atom stereocenters. The molecule has 0 aliphatic heterocycles. The molecule has 1 N–H and O–H groups in total. The Balaban J connectivity index is 1.81. The van der Waals surface area contributed by atoms with Crippen molar-refractivity contribution in [2.75, 3.05) is 5.33 Å². The monoisotopic (exact) mass is 650 g/mol. The van der Waals surface area contributed by atoms with Gasteiger partial charge in [0.1, 0.15) is 11.4 Å². The second-order valence-electron chi connectivity index (χ2n) is 15.8. The molecule has 3 aliphatic carbocycles. The summed E-state index contributed by atoms with van der Waals surface area (Å²) < 4.78 is 12.7. The first-order chi connectivity index (χ1) is 18.9. The molecule has 0 radical (unpaired) electrons. The van der Waals surface area contributed by atoms with Crippen LogP contribution in [-0.4, -0.2) is 42.5 Å². The Morgan fingerprint density at radius 3 is 2.51 bits per heavy atom. The summed E-state index contributed by atoms with van der Waals surface area (Å²) >= 11 is 3.26. The van der Waals surface area contributed by atoms with Crippen molar-refractivity contribution >= 4 is 30.2 Å². The SMILES string of the molecule is C=C1C(=CC=C2CCC[C@@]3(C)C2CC[C@@H]3[C@H](C)CCCC(C)(C)O)C[C@@H](OC(=O)CBr)C[C@@H]1O[Si](C)(C)C(C)(C)C. The number of allylic oxidation sites excluding steroid dienone is 3. The molecule has 6 heteroatoms. The molecule has 3 saturated carbocycles. The largest absolute Gasteiger partial charge is 0.461 e. The Kier molecular flexibility index (Phi) is 11.5. The predicted octanol–water partition coefficient (Wildman–Crippen LogP) is 9.68. The summed E-state index contributed by atoms with van der Waals surface area (Å²) in [4.78, 5) is 12.2. The third kappa shape index (κ3) is 8.70. The Bertz CT molecular complexity index is 1000. The topological polar surface area (TPSA) is 55.8 Å². The van der Waals surface area contributed by atoms with Crippen molar-refractivity contribution in [1.29, 1.82) is 0 Å². The third-order valence-corrected chi connectivity index (χ3v) is 16.0. The van der Waals surface area contributed by atoms with Gasteiger partial charge in [-0.25, -0.2) is 0 Å². The summed E-state index contributed by atoms with van der Waals surface area (Å²) in [5.41, 5.74) is 3.59. The molecule has 3 aliphatic rings. The van der Waals surface area contributed by atoms with Crippen LogP contribution in [0.2, 0.25) is 18.1 Å². The summed E-state index contributed by atoms with van der Waals surface area (Å²) in [5, 5.41) is 10.5. The fourth-order valence-corrected chi connectivity index (χ4v) is 9.10. The van der Waals surface area contributed by atoms with Gasteiger partial charge in [0, 0.05) is 12.8 Å². The highest BCUT2D eigenvalue weighted by atomic mass is 79.9. The minimum atomic E-state index is -2.03. The lowest BCUT2D eigenvalue weighted by Crippen LogP contribution is -2.46. The van der Waals surface area contributed by atoms with Gasteiger partial charge >= 0.3 is 5.97 Å². The fourth-order valence-electron chi connectivity index (χ4n) is 7.66. The van der Waals surface area contributed by atoms with Gasteiger partial charge in [-0.05, 0) is 105 Å². The van der Waals surface area contributed by atoms with E-state index < -0.39 is 13.9 Å². The van der Waals surface area contributed by atoms with Gasteiger partial charge in [0.15, 0.2) is 8.32 Å². The van der Waals surface area contributed by atoms with Gasteiger partial charge in [0.05, 0.1) is 11.7 Å². The normalized spacial score (nSPS) is 32.3. The molecule has 234 valence electrons. The van der Waals surface area contributed by atoms with Gasteiger partial charge in [-0.3, -0.25) is 4.79 Å². The van der Waals surface area contributed by atoms with Crippen LogP contribution >= 0.6 is 15.9 Å². The standard InChI is InChI=1S/C35H59BrO4Si/c1-24(13-11-19-34(6,7)38)29-17-18-30-26(14-12-20-35(29,30)8)15-16-27-21-28(39-32(37)23-36)22-31(25(27)2)40-41(9,10)33(3,4)5/h15-16,24,28-31,38H,2,11-14,17-23H2,1,3-10H3/t24-,28-,29-,30?,31+,35-/m1/s1. The van der Waals surface area contributed by atoms with Crippen LogP contribution in [0.15, 0.2) is 35.5 Å². The van der Waals surface area contributed by atoms with Crippen molar-refractivity contribution < 1.29 is 19.1 Å². The van der Waals surface area contributed by atoms with Crippen LogP contribution in [0.3, 0.4) is 0 Å². The van der Waals surface area contributed by atoms with E-state index >= 15 is 0 Å².